The van der Waals surface area contributed by atoms with Crippen LogP contribution in [0.25, 0.3) is 0 Å². The molecule has 0 amide bonds. The van der Waals surface area contributed by atoms with E-state index >= 15 is 0 Å². The lowest BCUT2D eigenvalue weighted by atomic mass is 9.44. The normalized spacial score (nSPS) is 31.9. The lowest BCUT2D eigenvalue weighted by Crippen LogP contribution is -2.60. The Kier molecular flexibility index (Phi) is 15.1. The number of carbonyl (C=O) groups is 5. The van der Waals surface area contributed by atoms with Crippen LogP contribution < -0.4 is 0 Å². The van der Waals surface area contributed by atoms with Gasteiger partial charge in [0, 0.05) is 43.4 Å². The van der Waals surface area contributed by atoms with Gasteiger partial charge in [0.05, 0.1) is 6.61 Å². The van der Waals surface area contributed by atoms with E-state index in [1.807, 2.05) is 64.1 Å². The fraction of sp³-hybridized carbons (Fsp3) is 0.711. The van der Waals surface area contributed by atoms with Crippen LogP contribution in [0.3, 0.4) is 0 Å². The van der Waals surface area contributed by atoms with E-state index in [0.717, 1.165) is 19.3 Å². The maximum atomic E-state index is 13.8. The Morgan fingerprint density at radius 3 is 2.02 bits per heavy atom. The Morgan fingerprint density at radius 2 is 1.44 bits per heavy atom. The van der Waals surface area contributed by atoms with E-state index in [1.165, 1.54) is 0 Å². The molecule has 4 fully saturated rings. The van der Waals surface area contributed by atoms with Crippen molar-refractivity contribution in [1.82, 2.24) is 0 Å². The van der Waals surface area contributed by atoms with Crippen LogP contribution in [0.2, 0.25) is 0 Å². The topological polar surface area (TPSA) is 104 Å². The van der Waals surface area contributed by atoms with Crippen LogP contribution >= 0.6 is 0 Å². The van der Waals surface area contributed by atoms with Gasteiger partial charge in [0.15, 0.2) is 6.61 Å². The first-order valence-corrected chi connectivity index (χ1v) is 17.4. The number of ether oxygens (including phenoxy) is 2. The van der Waals surface area contributed by atoms with Gasteiger partial charge in [0.2, 0.25) is 0 Å². The smallest absolute Gasteiger partial charge is 0.344 e. The van der Waals surface area contributed by atoms with Gasteiger partial charge in [0.1, 0.15) is 17.3 Å². The highest BCUT2D eigenvalue weighted by molar-refractivity contribution is 5.93. The lowest BCUT2D eigenvalue weighted by Gasteiger charge is -2.58. The van der Waals surface area contributed by atoms with Gasteiger partial charge in [-0.2, -0.15) is 0 Å². The summed E-state index contributed by atoms with van der Waals surface area (Å²) in [4.78, 5) is 63.0. The van der Waals surface area contributed by atoms with E-state index in [2.05, 4.69) is 20.8 Å². The van der Waals surface area contributed by atoms with E-state index in [1.54, 1.807) is 6.92 Å². The van der Waals surface area contributed by atoms with E-state index in [4.69, 9.17) is 9.47 Å². The molecule has 0 N–H and O–H groups in total. The average molecular weight is 627 g/mol. The van der Waals surface area contributed by atoms with Gasteiger partial charge in [-0.15, -0.1) is 0 Å². The summed E-state index contributed by atoms with van der Waals surface area (Å²) in [5.74, 6) is 0.0674. The molecular formula is C38H58O7. The summed E-state index contributed by atoms with van der Waals surface area (Å²) in [7, 11) is 0. The molecule has 0 radical (unpaired) electrons. The summed E-state index contributed by atoms with van der Waals surface area (Å²) in [6.45, 7) is 15.9. The third-order valence-electron chi connectivity index (χ3n) is 11.0. The van der Waals surface area contributed by atoms with Crippen LogP contribution in [0.5, 0.6) is 0 Å². The van der Waals surface area contributed by atoms with E-state index < -0.39 is 17.4 Å². The van der Waals surface area contributed by atoms with Gasteiger partial charge >= 0.3 is 11.9 Å². The zero-order valence-electron chi connectivity index (χ0n) is 29.1. The number of ketones is 3. The second kappa shape index (κ2) is 17.8. The van der Waals surface area contributed by atoms with Gasteiger partial charge in [-0.25, -0.2) is 4.79 Å². The number of rotatable bonds is 7. The summed E-state index contributed by atoms with van der Waals surface area (Å²) in [6, 6.07) is 12.0. The molecule has 4 aliphatic carbocycles. The van der Waals surface area contributed by atoms with Crippen molar-refractivity contribution in [3.8, 4) is 0 Å². The van der Waals surface area contributed by atoms with Crippen molar-refractivity contribution in [1.29, 1.82) is 0 Å². The molecule has 0 aliphatic heterocycles. The molecule has 252 valence electrons. The van der Waals surface area contributed by atoms with Gasteiger partial charge in [-0.1, -0.05) is 84.9 Å². The maximum Gasteiger partial charge on any atom is 0.344 e. The summed E-state index contributed by atoms with van der Waals surface area (Å²) < 4.78 is 9.81. The van der Waals surface area contributed by atoms with Crippen LogP contribution in [0.1, 0.15) is 113 Å². The first kappa shape index (κ1) is 38.4. The summed E-state index contributed by atoms with van der Waals surface area (Å²) in [5.41, 5.74) is -0.672. The van der Waals surface area contributed by atoms with Gasteiger partial charge < -0.3 is 9.47 Å². The molecule has 1 aromatic carbocycles. The highest BCUT2D eigenvalue weighted by Gasteiger charge is 2.66. The molecule has 5 rings (SSSR count). The minimum Gasteiger partial charge on any atom is -0.463 e. The van der Waals surface area contributed by atoms with Crippen LogP contribution in [-0.4, -0.2) is 42.5 Å². The molecule has 7 nitrogen and oxygen atoms in total. The van der Waals surface area contributed by atoms with Crippen molar-refractivity contribution in [2.24, 2.45) is 46.3 Å². The van der Waals surface area contributed by atoms with E-state index in [0.29, 0.717) is 32.1 Å². The first-order valence-electron chi connectivity index (χ1n) is 17.4. The second-order valence-corrected chi connectivity index (χ2v) is 13.1. The third-order valence-corrected chi connectivity index (χ3v) is 11.0. The van der Waals surface area contributed by atoms with Gasteiger partial charge in [-0.3, -0.25) is 19.2 Å². The predicted molar refractivity (Wildman–Crippen MR) is 176 cm³/mol. The molecule has 7 heteroatoms. The van der Waals surface area contributed by atoms with E-state index in [-0.39, 0.29) is 77.9 Å². The SMILES string of the molecule is CC.CC.CCOC(=O)COC(=O)CC[C@@H](C)[C@H]1CC[C@H]2[C@@H]3C(=O)CC4CC(=O)CC[C@]4(C)[C@H]3CC(=O)[C@]12C.c1ccccc1. The molecule has 0 spiro atoms. The maximum absolute atomic E-state index is 13.8. The standard InChI is InChI=1S/C28H40O7.C6H6.2C2H6/c1-5-34-25(33)15-35-24(32)9-6-16(2)19-7-8-20-26-21(14-23(31)28(19,20)4)27(3)11-10-18(29)12-17(27)13-22(26)30;1-2-4-6-5-3-1;2*1-2/h16-17,19-21,26H,5-15H2,1-4H3;1-6H;2*1-2H3/t16-,17?,19-,20+,21+,26+,27+,28-;;;/m1.../s1. The highest BCUT2D eigenvalue weighted by Crippen LogP contribution is 2.66. The Morgan fingerprint density at radius 1 is 0.844 bits per heavy atom. The predicted octanol–water partition coefficient (Wildman–Crippen LogP) is 7.83. The van der Waals surface area contributed by atoms with Crippen LogP contribution in [0.4, 0.5) is 0 Å². The largest absolute Gasteiger partial charge is 0.463 e. The zero-order valence-corrected chi connectivity index (χ0v) is 29.1. The van der Waals surface area contributed by atoms with Gasteiger partial charge in [-0.05, 0) is 67.6 Å². The highest BCUT2D eigenvalue weighted by atomic mass is 16.6. The van der Waals surface area contributed by atoms with Crippen molar-refractivity contribution < 1.29 is 33.4 Å². The summed E-state index contributed by atoms with van der Waals surface area (Å²) >= 11 is 0. The molecule has 45 heavy (non-hydrogen) atoms. The van der Waals surface area contributed by atoms with Crippen LogP contribution in [0.15, 0.2) is 36.4 Å². The van der Waals surface area contributed by atoms with Crippen molar-refractivity contribution in [3.05, 3.63) is 36.4 Å². The number of benzene rings is 1. The molecule has 4 saturated carbocycles. The van der Waals surface area contributed by atoms with Crippen molar-refractivity contribution in [2.45, 2.75) is 113 Å². The Labute approximate surface area is 271 Å². The number of carbonyl (C=O) groups excluding carboxylic acids is 5. The molecule has 0 aromatic heterocycles. The Bertz CT molecular complexity index is 1100. The fourth-order valence-electron chi connectivity index (χ4n) is 8.74. The van der Waals surface area contributed by atoms with Crippen LogP contribution in [-0.2, 0) is 33.4 Å². The number of esters is 2. The summed E-state index contributed by atoms with van der Waals surface area (Å²) in [6.07, 6.45) is 5.22. The van der Waals surface area contributed by atoms with Crippen molar-refractivity contribution in [2.75, 3.05) is 13.2 Å². The van der Waals surface area contributed by atoms with Crippen molar-refractivity contribution in [3.63, 3.8) is 0 Å². The molecule has 8 atom stereocenters. The number of hydrogen-bond acceptors (Lipinski definition) is 7. The number of hydrogen-bond donors (Lipinski definition) is 0. The fourth-order valence-corrected chi connectivity index (χ4v) is 8.74. The minimum absolute atomic E-state index is 0.0411. The average Bonchev–Trinajstić information content (AvgIpc) is 3.42. The van der Waals surface area contributed by atoms with Crippen LogP contribution in [0, 0.1) is 46.3 Å². The lowest BCUT2D eigenvalue weighted by molar-refractivity contribution is -0.166. The summed E-state index contributed by atoms with van der Waals surface area (Å²) in [5, 5.41) is 0. The van der Waals surface area contributed by atoms with Crippen molar-refractivity contribution >= 4 is 29.3 Å². The molecule has 0 bridgehead atoms. The zero-order chi connectivity index (χ0) is 33.8. The Balaban J connectivity index is 0.000000613. The number of fused-ring (bicyclic) bond motifs is 5. The molecule has 0 saturated heterocycles. The van der Waals surface area contributed by atoms with Gasteiger partial charge in [0.25, 0.3) is 0 Å². The molecular weight excluding hydrogens is 568 g/mol. The minimum atomic E-state index is -0.558. The molecule has 1 unspecified atom stereocenters. The second-order valence-electron chi connectivity index (χ2n) is 13.1. The monoisotopic (exact) mass is 626 g/mol. The Hall–Kier alpha value is -2.83. The molecule has 4 aliphatic rings. The third kappa shape index (κ3) is 8.71. The quantitative estimate of drug-likeness (QED) is 0.284. The number of Topliss-reactive ketones (excluding diaryl/α,β-unsaturated/α-hetero) is 3. The van der Waals surface area contributed by atoms with E-state index in [9.17, 15) is 24.0 Å². The first-order chi connectivity index (χ1) is 21.5. The molecule has 1 aromatic rings. The molecule has 0 heterocycles.